The Labute approximate surface area is 161 Å². The number of halogens is 1. The molecule has 4 rings (SSSR count). The predicted octanol–water partition coefficient (Wildman–Crippen LogP) is 3.67. The van der Waals surface area contributed by atoms with Crippen LogP contribution in [0.2, 0.25) is 0 Å². The van der Waals surface area contributed by atoms with Crippen LogP contribution in [0.1, 0.15) is 36.4 Å². The highest BCUT2D eigenvalue weighted by Crippen LogP contribution is 2.25. The van der Waals surface area contributed by atoms with Crippen molar-refractivity contribution < 1.29 is 9.18 Å². The molecule has 1 aromatic heterocycles. The maximum Gasteiger partial charge on any atom is 0.242 e. The van der Waals surface area contributed by atoms with Crippen molar-refractivity contribution >= 4 is 28.7 Å². The van der Waals surface area contributed by atoms with E-state index in [-0.39, 0.29) is 11.7 Å². The van der Waals surface area contributed by atoms with Gasteiger partial charge in [0.1, 0.15) is 22.9 Å². The molecule has 2 heterocycles. The fraction of sp³-hybridized carbons (Fsp3) is 0.350. The molecule has 2 aromatic carbocycles. The Hall–Kier alpha value is -2.38. The summed E-state index contributed by atoms with van der Waals surface area (Å²) in [5.41, 5.74) is 3.53. The van der Waals surface area contributed by atoms with E-state index in [0.717, 1.165) is 48.1 Å². The second-order valence-electron chi connectivity index (χ2n) is 6.86. The van der Waals surface area contributed by atoms with Gasteiger partial charge in [0.05, 0.1) is 11.7 Å². The zero-order valence-corrected chi connectivity index (χ0v) is 15.7. The molecule has 27 heavy (non-hydrogen) atoms. The van der Waals surface area contributed by atoms with Crippen molar-refractivity contribution in [3.63, 3.8) is 0 Å². The SMILES string of the molecule is O=C(NCc1ccc2nsnc2c1)[C@H](c1ccc(F)cc1)N1CCCCC1. The van der Waals surface area contributed by atoms with Crippen molar-refractivity contribution in [2.24, 2.45) is 0 Å². The number of carbonyl (C=O) groups is 1. The van der Waals surface area contributed by atoms with Crippen LogP contribution in [0.4, 0.5) is 4.39 Å². The van der Waals surface area contributed by atoms with Gasteiger partial charge in [0.15, 0.2) is 0 Å². The molecule has 1 saturated heterocycles. The fourth-order valence-corrected chi connectivity index (χ4v) is 4.09. The third-order valence-electron chi connectivity index (χ3n) is 4.97. The third kappa shape index (κ3) is 4.14. The first kappa shape index (κ1) is 18.0. The first-order valence-electron chi connectivity index (χ1n) is 9.19. The van der Waals surface area contributed by atoms with Gasteiger partial charge >= 0.3 is 0 Å². The number of aromatic nitrogens is 2. The second kappa shape index (κ2) is 8.10. The highest BCUT2D eigenvalue weighted by Gasteiger charge is 2.28. The van der Waals surface area contributed by atoms with Gasteiger partial charge in [-0.05, 0) is 61.3 Å². The summed E-state index contributed by atoms with van der Waals surface area (Å²) >= 11 is 1.18. The van der Waals surface area contributed by atoms with Crippen molar-refractivity contribution in [1.29, 1.82) is 0 Å². The molecule has 1 N–H and O–H groups in total. The Bertz CT molecular complexity index is 921. The van der Waals surface area contributed by atoms with Gasteiger partial charge in [-0.1, -0.05) is 24.6 Å². The topological polar surface area (TPSA) is 58.1 Å². The summed E-state index contributed by atoms with van der Waals surface area (Å²) < 4.78 is 21.8. The van der Waals surface area contributed by atoms with Crippen LogP contribution in [0.5, 0.6) is 0 Å². The van der Waals surface area contributed by atoms with E-state index < -0.39 is 6.04 Å². The number of likely N-dealkylation sites (tertiary alicyclic amines) is 1. The van der Waals surface area contributed by atoms with Gasteiger partial charge in [0, 0.05) is 6.54 Å². The number of benzene rings is 2. The van der Waals surface area contributed by atoms with Crippen LogP contribution in [0.15, 0.2) is 42.5 Å². The van der Waals surface area contributed by atoms with Crippen LogP contribution in [-0.4, -0.2) is 32.6 Å². The quantitative estimate of drug-likeness (QED) is 0.729. The monoisotopic (exact) mass is 384 g/mol. The summed E-state index contributed by atoms with van der Waals surface area (Å²) in [4.78, 5) is 15.2. The molecule has 1 aliphatic rings. The van der Waals surface area contributed by atoms with Crippen LogP contribution in [0.25, 0.3) is 11.0 Å². The Morgan fingerprint density at radius 2 is 1.81 bits per heavy atom. The molecule has 1 atom stereocenters. The standard InChI is InChI=1S/C20H21FN4OS/c21-16-7-5-15(6-8-16)19(25-10-2-1-3-11-25)20(26)22-13-14-4-9-17-18(12-14)24-27-23-17/h4-9,12,19H,1-3,10-11,13H2,(H,22,26)/t19-/m0/s1. The third-order valence-corrected chi connectivity index (χ3v) is 5.53. The molecule has 1 amide bonds. The molecule has 0 radical (unpaired) electrons. The molecule has 3 aromatic rings. The lowest BCUT2D eigenvalue weighted by atomic mass is 10.0. The molecule has 1 fully saturated rings. The molecule has 140 valence electrons. The second-order valence-corrected chi connectivity index (χ2v) is 7.38. The molecule has 0 bridgehead atoms. The number of carbonyl (C=O) groups excluding carboxylic acids is 1. The Kier molecular flexibility index (Phi) is 5.40. The summed E-state index contributed by atoms with van der Waals surface area (Å²) in [5.74, 6) is -0.346. The summed E-state index contributed by atoms with van der Waals surface area (Å²) in [6, 6.07) is 11.7. The van der Waals surface area contributed by atoms with E-state index in [1.54, 1.807) is 12.1 Å². The van der Waals surface area contributed by atoms with Gasteiger partial charge < -0.3 is 5.32 Å². The summed E-state index contributed by atoms with van der Waals surface area (Å²) in [6.45, 7) is 2.19. The zero-order chi connectivity index (χ0) is 18.6. The Morgan fingerprint density at radius 1 is 1.07 bits per heavy atom. The van der Waals surface area contributed by atoms with E-state index in [1.165, 1.54) is 30.3 Å². The normalized spacial score (nSPS) is 16.3. The minimum absolute atomic E-state index is 0.0555. The largest absolute Gasteiger partial charge is 0.350 e. The van der Waals surface area contributed by atoms with Crippen LogP contribution >= 0.6 is 11.7 Å². The average molecular weight is 384 g/mol. The van der Waals surface area contributed by atoms with Gasteiger partial charge in [0.25, 0.3) is 0 Å². The lowest BCUT2D eigenvalue weighted by molar-refractivity contribution is -0.127. The number of nitrogens with zero attached hydrogens (tertiary/aromatic N) is 3. The van der Waals surface area contributed by atoms with Crippen molar-refractivity contribution in [2.45, 2.75) is 31.8 Å². The molecule has 7 heteroatoms. The Balaban J connectivity index is 1.51. The molecule has 0 aliphatic carbocycles. The van der Waals surface area contributed by atoms with Crippen LogP contribution < -0.4 is 5.32 Å². The molecule has 1 aliphatic heterocycles. The Morgan fingerprint density at radius 3 is 2.59 bits per heavy atom. The van der Waals surface area contributed by atoms with E-state index in [9.17, 15) is 9.18 Å². The minimum atomic E-state index is -0.393. The molecule has 0 unspecified atom stereocenters. The fourth-order valence-electron chi connectivity index (χ4n) is 3.57. The summed E-state index contributed by atoms with van der Waals surface area (Å²) in [6.07, 6.45) is 3.35. The smallest absolute Gasteiger partial charge is 0.242 e. The number of amides is 1. The van der Waals surface area contributed by atoms with E-state index >= 15 is 0 Å². The molecular weight excluding hydrogens is 363 g/mol. The summed E-state index contributed by atoms with van der Waals surface area (Å²) in [5, 5.41) is 3.05. The minimum Gasteiger partial charge on any atom is -0.350 e. The number of hydrogen-bond acceptors (Lipinski definition) is 5. The maximum absolute atomic E-state index is 13.3. The summed E-state index contributed by atoms with van der Waals surface area (Å²) in [7, 11) is 0. The molecular formula is C20H21FN4OS. The van der Waals surface area contributed by atoms with Crippen LogP contribution in [-0.2, 0) is 11.3 Å². The molecule has 5 nitrogen and oxygen atoms in total. The highest BCUT2D eigenvalue weighted by molar-refractivity contribution is 7.00. The van der Waals surface area contributed by atoms with Crippen molar-refractivity contribution in [3.05, 3.63) is 59.4 Å². The van der Waals surface area contributed by atoms with Gasteiger partial charge in [-0.25, -0.2) is 4.39 Å². The van der Waals surface area contributed by atoms with E-state index in [0.29, 0.717) is 6.54 Å². The van der Waals surface area contributed by atoms with Gasteiger partial charge in [-0.3, -0.25) is 9.69 Å². The number of piperidine rings is 1. The van der Waals surface area contributed by atoms with Gasteiger partial charge in [-0.2, -0.15) is 8.75 Å². The lowest BCUT2D eigenvalue weighted by Crippen LogP contribution is -2.42. The van der Waals surface area contributed by atoms with Crippen molar-refractivity contribution in [3.8, 4) is 0 Å². The van der Waals surface area contributed by atoms with Gasteiger partial charge in [0.2, 0.25) is 5.91 Å². The van der Waals surface area contributed by atoms with E-state index in [1.807, 2.05) is 18.2 Å². The number of rotatable bonds is 5. The van der Waals surface area contributed by atoms with E-state index in [4.69, 9.17) is 0 Å². The van der Waals surface area contributed by atoms with Crippen LogP contribution in [0, 0.1) is 5.82 Å². The number of nitrogens with one attached hydrogen (secondary N) is 1. The number of hydrogen-bond donors (Lipinski definition) is 1. The van der Waals surface area contributed by atoms with Crippen molar-refractivity contribution in [2.75, 3.05) is 13.1 Å². The van der Waals surface area contributed by atoms with Crippen LogP contribution in [0.3, 0.4) is 0 Å². The van der Waals surface area contributed by atoms with Gasteiger partial charge in [-0.15, -0.1) is 0 Å². The first-order valence-corrected chi connectivity index (χ1v) is 9.92. The first-order chi connectivity index (χ1) is 13.2. The number of fused-ring (bicyclic) bond motifs is 1. The average Bonchev–Trinajstić information content (AvgIpc) is 3.17. The van der Waals surface area contributed by atoms with Crippen molar-refractivity contribution in [1.82, 2.24) is 19.0 Å². The lowest BCUT2D eigenvalue weighted by Gasteiger charge is -2.34. The molecule has 0 spiro atoms. The molecule has 0 saturated carbocycles. The van der Waals surface area contributed by atoms with E-state index in [2.05, 4.69) is 19.0 Å². The zero-order valence-electron chi connectivity index (χ0n) is 14.9. The predicted molar refractivity (Wildman–Crippen MR) is 104 cm³/mol. The maximum atomic E-state index is 13.3. The highest BCUT2D eigenvalue weighted by atomic mass is 32.1.